The third-order valence-corrected chi connectivity index (χ3v) is 2.20. The number of alkyl halides is 2. The summed E-state index contributed by atoms with van der Waals surface area (Å²) < 4.78 is 33.2. The molecule has 0 saturated heterocycles. The molecule has 20 heavy (non-hydrogen) atoms. The van der Waals surface area contributed by atoms with Crippen molar-refractivity contribution < 1.29 is 23.0 Å². The predicted octanol–water partition coefficient (Wildman–Crippen LogP) is 2.41. The average molecular weight is 288 g/mol. The number of hydrogen-bond acceptors (Lipinski definition) is 5. The van der Waals surface area contributed by atoms with Gasteiger partial charge >= 0.3 is 12.6 Å². The first-order valence-corrected chi connectivity index (χ1v) is 6.05. The van der Waals surface area contributed by atoms with Crippen LogP contribution in [0.5, 0.6) is 5.88 Å². The highest BCUT2D eigenvalue weighted by Crippen LogP contribution is 2.19. The number of aromatic nitrogens is 1. The smallest absolute Gasteiger partial charge is 0.388 e. The van der Waals surface area contributed by atoms with Gasteiger partial charge in [-0.05, 0) is 26.3 Å². The molecule has 2 N–H and O–H groups in total. The lowest BCUT2D eigenvalue weighted by molar-refractivity contribution is -0.155. The Kier molecular flexibility index (Phi) is 5.38. The first kappa shape index (κ1) is 16.3. The van der Waals surface area contributed by atoms with E-state index in [-0.39, 0.29) is 12.3 Å². The molecule has 1 atom stereocenters. The van der Waals surface area contributed by atoms with Gasteiger partial charge in [-0.2, -0.15) is 8.78 Å². The molecule has 0 aromatic carbocycles. The molecule has 0 unspecified atom stereocenters. The van der Waals surface area contributed by atoms with E-state index in [9.17, 15) is 13.6 Å². The Morgan fingerprint density at radius 2 is 2.05 bits per heavy atom. The van der Waals surface area contributed by atoms with Crippen molar-refractivity contribution in [3.05, 3.63) is 23.9 Å². The number of hydrogen-bond donors (Lipinski definition) is 1. The molecular weight excluding hydrogens is 270 g/mol. The maximum atomic E-state index is 12.0. The van der Waals surface area contributed by atoms with E-state index in [2.05, 4.69) is 9.72 Å². The third kappa shape index (κ3) is 5.92. The minimum Gasteiger partial charge on any atom is -0.460 e. The van der Waals surface area contributed by atoms with E-state index in [1.54, 1.807) is 20.8 Å². The largest absolute Gasteiger partial charge is 0.460 e. The SMILES string of the molecule is CC(C)(C)OC(=O)C[C@H](N)c1ccc(OC(F)F)nc1. The topological polar surface area (TPSA) is 74.4 Å². The van der Waals surface area contributed by atoms with Crippen LogP contribution in [0.15, 0.2) is 18.3 Å². The molecule has 0 spiro atoms. The van der Waals surface area contributed by atoms with Gasteiger partial charge in [0.1, 0.15) is 5.60 Å². The van der Waals surface area contributed by atoms with E-state index in [0.717, 1.165) is 0 Å². The van der Waals surface area contributed by atoms with Gasteiger partial charge in [0.15, 0.2) is 0 Å². The molecule has 0 saturated carbocycles. The van der Waals surface area contributed by atoms with Crippen molar-refractivity contribution in [2.45, 2.75) is 45.4 Å². The van der Waals surface area contributed by atoms with E-state index in [0.29, 0.717) is 5.56 Å². The van der Waals surface area contributed by atoms with E-state index in [4.69, 9.17) is 10.5 Å². The molecule has 112 valence electrons. The lowest BCUT2D eigenvalue weighted by atomic mass is 10.1. The fourth-order valence-electron chi connectivity index (χ4n) is 1.45. The zero-order valence-electron chi connectivity index (χ0n) is 11.6. The molecule has 0 aliphatic rings. The van der Waals surface area contributed by atoms with Crippen molar-refractivity contribution in [1.82, 2.24) is 4.98 Å². The Hall–Kier alpha value is -1.76. The van der Waals surface area contributed by atoms with Gasteiger partial charge in [-0.15, -0.1) is 0 Å². The van der Waals surface area contributed by atoms with Gasteiger partial charge in [-0.3, -0.25) is 4.79 Å². The first-order valence-electron chi connectivity index (χ1n) is 6.05. The number of nitrogens with zero attached hydrogens (tertiary/aromatic N) is 1. The molecule has 0 aliphatic carbocycles. The molecule has 1 aromatic heterocycles. The van der Waals surface area contributed by atoms with E-state index in [1.807, 2.05) is 0 Å². The van der Waals surface area contributed by atoms with Crippen LogP contribution in [0.25, 0.3) is 0 Å². The van der Waals surface area contributed by atoms with Crippen LogP contribution >= 0.6 is 0 Å². The number of rotatable bonds is 5. The van der Waals surface area contributed by atoms with Gasteiger partial charge in [0, 0.05) is 18.3 Å². The monoisotopic (exact) mass is 288 g/mol. The molecule has 0 bridgehead atoms. The molecule has 1 aromatic rings. The number of carbonyl (C=O) groups is 1. The minimum atomic E-state index is -2.93. The minimum absolute atomic E-state index is 0.0198. The molecule has 0 radical (unpaired) electrons. The van der Waals surface area contributed by atoms with Gasteiger partial charge in [-0.25, -0.2) is 4.98 Å². The third-order valence-electron chi connectivity index (χ3n) is 2.20. The van der Waals surface area contributed by atoms with Crippen LogP contribution in [-0.4, -0.2) is 23.2 Å². The Balaban J connectivity index is 2.59. The summed E-state index contributed by atoms with van der Waals surface area (Å²) >= 11 is 0. The quantitative estimate of drug-likeness (QED) is 0.842. The zero-order chi connectivity index (χ0) is 15.3. The average Bonchev–Trinajstić information content (AvgIpc) is 2.26. The molecule has 0 fully saturated rings. The highest BCUT2D eigenvalue weighted by Gasteiger charge is 2.19. The van der Waals surface area contributed by atoms with Crippen molar-refractivity contribution in [2.75, 3.05) is 0 Å². The summed E-state index contributed by atoms with van der Waals surface area (Å²) in [4.78, 5) is 15.3. The molecular formula is C13H18F2N2O3. The standard InChI is InChI=1S/C13H18F2N2O3/c1-13(2,3)20-11(18)6-9(16)8-4-5-10(17-7-8)19-12(14)15/h4-5,7,9,12H,6,16H2,1-3H3/t9-/m0/s1. The zero-order valence-corrected chi connectivity index (χ0v) is 11.6. The van der Waals surface area contributed by atoms with Crippen LogP contribution < -0.4 is 10.5 Å². The molecule has 5 nitrogen and oxygen atoms in total. The van der Waals surface area contributed by atoms with Gasteiger partial charge in [0.25, 0.3) is 0 Å². The number of esters is 1. The number of ether oxygens (including phenoxy) is 2. The van der Waals surface area contributed by atoms with Crippen LogP contribution in [0.3, 0.4) is 0 Å². The first-order chi connectivity index (χ1) is 9.17. The normalized spacial score (nSPS) is 13.2. The van der Waals surface area contributed by atoms with Crippen LogP contribution in [0.4, 0.5) is 8.78 Å². The Morgan fingerprint density at radius 1 is 1.40 bits per heavy atom. The van der Waals surface area contributed by atoms with Crippen molar-refractivity contribution in [2.24, 2.45) is 5.73 Å². The second-order valence-electron chi connectivity index (χ2n) is 5.21. The Bertz CT molecular complexity index is 444. The Labute approximate surface area is 116 Å². The van der Waals surface area contributed by atoms with E-state index >= 15 is 0 Å². The van der Waals surface area contributed by atoms with E-state index in [1.165, 1.54) is 18.3 Å². The lowest BCUT2D eigenvalue weighted by Crippen LogP contribution is -2.26. The summed E-state index contributed by atoms with van der Waals surface area (Å²) in [5.74, 6) is -0.633. The van der Waals surface area contributed by atoms with Crippen molar-refractivity contribution in [1.29, 1.82) is 0 Å². The second-order valence-corrected chi connectivity index (χ2v) is 5.21. The van der Waals surface area contributed by atoms with Gasteiger partial charge in [-0.1, -0.05) is 6.07 Å². The fraction of sp³-hybridized carbons (Fsp3) is 0.538. The Morgan fingerprint density at radius 3 is 2.50 bits per heavy atom. The predicted molar refractivity (Wildman–Crippen MR) is 68.3 cm³/mol. The van der Waals surface area contributed by atoms with Gasteiger partial charge < -0.3 is 15.2 Å². The molecule has 7 heteroatoms. The summed E-state index contributed by atoms with van der Waals surface area (Å²) in [7, 11) is 0. The molecule has 0 amide bonds. The maximum absolute atomic E-state index is 12.0. The number of nitrogens with two attached hydrogens (primary N) is 1. The fourth-order valence-corrected chi connectivity index (χ4v) is 1.45. The molecule has 0 aliphatic heterocycles. The lowest BCUT2D eigenvalue weighted by Gasteiger charge is -2.21. The maximum Gasteiger partial charge on any atom is 0.388 e. The summed E-state index contributed by atoms with van der Waals surface area (Å²) in [6.45, 7) is 2.35. The van der Waals surface area contributed by atoms with E-state index < -0.39 is 24.2 Å². The highest BCUT2D eigenvalue weighted by molar-refractivity contribution is 5.70. The number of halogens is 2. The van der Waals surface area contributed by atoms with Crippen molar-refractivity contribution in [3.63, 3.8) is 0 Å². The van der Waals surface area contributed by atoms with Gasteiger partial charge in [0.05, 0.1) is 6.42 Å². The number of carbonyl (C=O) groups excluding carboxylic acids is 1. The van der Waals surface area contributed by atoms with Crippen molar-refractivity contribution in [3.8, 4) is 5.88 Å². The van der Waals surface area contributed by atoms with Crippen LogP contribution in [0, 0.1) is 0 Å². The summed E-state index contributed by atoms with van der Waals surface area (Å²) in [5.41, 5.74) is 5.80. The highest BCUT2D eigenvalue weighted by atomic mass is 19.3. The summed E-state index contributed by atoms with van der Waals surface area (Å²) in [6, 6.07) is 2.15. The number of pyridine rings is 1. The molecule has 1 heterocycles. The van der Waals surface area contributed by atoms with Gasteiger partial charge in [0.2, 0.25) is 5.88 Å². The van der Waals surface area contributed by atoms with Crippen LogP contribution in [-0.2, 0) is 9.53 Å². The second kappa shape index (κ2) is 6.60. The summed E-state index contributed by atoms with van der Waals surface area (Å²) in [5, 5.41) is 0. The van der Waals surface area contributed by atoms with Crippen LogP contribution in [0.1, 0.15) is 38.8 Å². The summed E-state index contributed by atoms with van der Waals surface area (Å²) in [6.07, 6.45) is 1.28. The van der Waals surface area contributed by atoms with Crippen molar-refractivity contribution >= 4 is 5.97 Å². The molecule has 1 rings (SSSR count). The van der Waals surface area contributed by atoms with Crippen LogP contribution in [0.2, 0.25) is 0 Å².